The van der Waals surface area contributed by atoms with Crippen LogP contribution in [0.1, 0.15) is 89.8 Å². The normalized spacial score (nSPS) is 25.9. The fraction of sp³-hybridized carbons (Fsp3) is 0.589. The third kappa shape index (κ3) is 16.3. The molecule has 5 rings (SSSR count). The average molecular weight is 1040 g/mol. The predicted octanol–water partition coefficient (Wildman–Crippen LogP) is 11.8. The molecule has 0 saturated carbocycles. The first-order chi connectivity index (χ1) is 33.8. The van der Waals surface area contributed by atoms with Crippen LogP contribution in [0.3, 0.4) is 0 Å². The molecule has 3 aromatic rings. The molecule has 12 nitrogen and oxygen atoms in total. The Labute approximate surface area is 434 Å². The van der Waals surface area contributed by atoms with Crippen molar-refractivity contribution in [1.29, 1.82) is 0 Å². The van der Waals surface area contributed by atoms with Gasteiger partial charge >= 0.3 is 0 Å². The van der Waals surface area contributed by atoms with Crippen molar-refractivity contribution in [2.75, 3.05) is 34.3 Å². The molecule has 15 heteroatoms. The third-order valence-electron chi connectivity index (χ3n) is 14.4. The fourth-order valence-corrected chi connectivity index (χ4v) is 10.8. The molecule has 11 atom stereocenters. The van der Waals surface area contributed by atoms with E-state index in [0.717, 1.165) is 47.5 Å². The number of aliphatic hydroxyl groups is 1. The van der Waals surface area contributed by atoms with Gasteiger partial charge in [-0.15, -0.1) is 11.6 Å². The Morgan fingerprint density at radius 1 is 0.817 bits per heavy atom. The fourth-order valence-electron chi connectivity index (χ4n) is 9.11. The van der Waals surface area contributed by atoms with Crippen molar-refractivity contribution in [3.8, 4) is 17.2 Å². The number of Topliss-reactive ketones (excluding diaryl/α,β-unsaturated/α-hetero) is 1. The summed E-state index contributed by atoms with van der Waals surface area (Å²) in [5, 5.41) is 11.1. The smallest absolute Gasteiger partial charge is 0.199 e. The molecule has 71 heavy (non-hydrogen) atoms. The van der Waals surface area contributed by atoms with Gasteiger partial charge in [-0.25, -0.2) is 0 Å². The van der Waals surface area contributed by atoms with Crippen molar-refractivity contribution in [2.24, 2.45) is 11.8 Å². The van der Waals surface area contributed by atoms with Crippen LogP contribution in [0.4, 0.5) is 0 Å². The largest absolute Gasteiger partial charge is 0.497 e. The second kappa shape index (κ2) is 27.3. The number of rotatable bonds is 27. The van der Waals surface area contributed by atoms with Gasteiger partial charge < -0.3 is 52.2 Å². The van der Waals surface area contributed by atoms with Gasteiger partial charge in [0.15, 0.2) is 14.1 Å². The zero-order chi connectivity index (χ0) is 51.9. The number of carbonyl (C=O) groups excluding carboxylic acids is 1. The monoisotopic (exact) mass is 1040 g/mol. The number of alkyl halides is 1. The number of ether oxygens (including phenoxy) is 9. The highest BCUT2D eigenvalue weighted by atomic mass is 35.5. The summed E-state index contributed by atoms with van der Waals surface area (Å²) in [6.07, 6.45) is -0.347. The van der Waals surface area contributed by atoms with Crippen LogP contribution < -0.4 is 14.2 Å². The molecule has 0 spiro atoms. The van der Waals surface area contributed by atoms with Crippen LogP contribution >= 0.6 is 23.2 Å². The molecular formula is C56H80Cl2O12Si. The second-order valence-electron chi connectivity index (χ2n) is 20.5. The number of hydrogen-bond donors (Lipinski definition) is 1. The van der Waals surface area contributed by atoms with Gasteiger partial charge in [0, 0.05) is 49.1 Å². The number of ketones is 1. The molecule has 2 aliphatic rings. The third-order valence-corrected chi connectivity index (χ3v) is 19.3. The van der Waals surface area contributed by atoms with E-state index in [9.17, 15) is 9.90 Å². The van der Waals surface area contributed by atoms with Crippen molar-refractivity contribution < 1.29 is 57.0 Å². The molecule has 394 valence electrons. The minimum Gasteiger partial charge on any atom is -0.497 e. The predicted molar refractivity (Wildman–Crippen MR) is 282 cm³/mol. The quantitative estimate of drug-likeness (QED) is 0.0338. The molecular weight excluding hydrogens is 964 g/mol. The van der Waals surface area contributed by atoms with Gasteiger partial charge in [0.1, 0.15) is 35.2 Å². The Morgan fingerprint density at radius 3 is 1.82 bits per heavy atom. The first-order valence-corrected chi connectivity index (χ1v) is 28.7. The standard InChI is InChI=1S/C56H80Cl2O12Si/c1-37(58)16-23-43(59)31-44(60)32-49-53(66-35-41-19-26-46(62-8)27-20-41)51(65-34-40-17-24-45(61-7)25-18-40)39(3)52(68-49)54(67-36-42-21-28-47(63-9)29-22-42)56(64-10)33-50(70-71(11,12)55(4,5)6)38(2)48(69-56)15-13-14-30-57/h16-29,38-39,43,48-54,59H,1,13-15,30-36H2,2-12H3/b23-16+/t38-,39+,43+,48+,49+,50-,51+,52+,53+,54-,56+/m0/s1. The summed E-state index contributed by atoms with van der Waals surface area (Å²) in [6, 6.07) is 23.1. The van der Waals surface area contributed by atoms with Crippen LogP contribution in [0.5, 0.6) is 17.2 Å². The topological polar surface area (TPSA) is 130 Å². The molecule has 1 N–H and O–H groups in total. The summed E-state index contributed by atoms with van der Waals surface area (Å²) in [7, 11) is 4.20. The van der Waals surface area contributed by atoms with Crippen molar-refractivity contribution in [1.82, 2.24) is 0 Å². The molecule has 2 saturated heterocycles. The first-order valence-electron chi connectivity index (χ1n) is 24.8. The highest BCUT2D eigenvalue weighted by Gasteiger charge is 2.59. The van der Waals surface area contributed by atoms with Crippen LogP contribution in [0.2, 0.25) is 18.1 Å². The van der Waals surface area contributed by atoms with E-state index >= 15 is 0 Å². The van der Waals surface area contributed by atoms with Crippen LogP contribution in [0.25, 0.3) is 0 Å². The SMILES string of the molecule is C=C(Cl)/C=C/[C@@H](O)CC(=O)C[C@H]1O[C@@H]([C@H](OCc2ccc(OC)cc2)[C@@]2(OC)C[C@H](O[Si](C)(C)C(C)(C)C)[C@@H](C)[C@@H](CCCCCl)O2)[C@H](C)[C@@H](OCc2ccc(OC)cc2)[C@@H]1OCc1ccc(OC)cc1. The molecule has 2 fully saturated rings. The summed E-state index contributed by atoms with van der Waals surface area (Å²) in [4.78, 5) is 14.2. The molecule has 2 aliphatic heterocycles. The Kier molecular flexibility index (Phi) is 22.5. The highest BCUT2D eigenvalue weighted by Crippen LogP contribution is 2.48. The van der Waals surface area contributed by atoms with E-state index in [1.54, 1.807) is 28.4 Å². The maximum absolute atomic E-state index is 14.2. The van der Waals surface area contributed by atoms with E-state index in [4.69, 9.17) is 70.3 Å². The molecule has 0 aromatic heterocycles. The van der Waals surface area contributed by atoms with Gasteiger partial charge in [-0.05, 0) is 96.6 Å². The van der Waals surface area contributed by atoms with E-state index in [-0.39, 0.29) is 66.6 Å². The van der Waals surface area contributed by atoms with E-state index < -0.39 is 56.6 Å². The van der Waals surface area contributed by atoms with Crippen LogP contribution in [0, 0.1) is 11.8 Å². The second-order valence-corrected chi connectivity index (χ2v) is 26.1. The number of aliphatic hydroxyl groups excluding tert-OH is 1. The molecule has 2 heterocycles. The lowest BCUT2D eigenvalue weighted by Gasteiger charge is -2.55. The number of unbranched alkanes of at least 4 members (excludes halogenated alkanes) is 1. The number of allylic oxidation sites excluding steroid dienone is 2. The lowest BCUT2D eigenvalue weighted by atomic mass is 9.78. The van der Waals surface area contributed by atoms with E-state index in [2.05, 4.69) is 54.3 Å². The number of benzene rings is 3. The summed E-state index contributed by atoms with van der Waals surface area (Å²) < 4.78 is 66.5. The van der Waals surface area contributed by atoms with Crippen molar-refractivity contribution in [3.63, 3.8) is 0 Å². The van der Waals surface area contributed by atoms with E-state index in [1.165, 1.54) is 12.2 Å². The molecule has 0 unspecified atom stereocenters. The molecule has 0 aliphatic carbocycles. The van der Waals surface area contributed by atoms with Crippen molar-refractivity contribution in [3.05, 3.63) is 113 Å². The summed E-state index contributed by atoms with van der Waals surface area (Å²) in [6.45, 7) is 19.8. The van der Waals surface area contributed by atoms with E-state index in [1.807, 2.05) is 72.8 Å². The van der Waals surface area contributed by atoms with Crippen LogP contribution in [-0.4, -0.2) is 108 Å². The Balaban J connectivity index is 1.66. The number of carbonyl (C=O) groups is 1. The van der Waals surface area contributed by atoms with E-state index in [0.29, 0.717) is 18.1 Å². The number of methoxy groups -OCH3 is 4. The van der Waals surface area contributed by atoms with Gasteiger partial charge in [0.25, 0.3) is 0 Å². The van der Waals surface area contributed by atoms with Gasteiger partial charge in [-0.1, -0.05) is 95.3 Å². The lowest BCUT2D eigenvalue weighted by Crippen LogP contribution is -2.67. The van der Waals surface area contributed by atoms with Gasteiger partial charge in [0.2, 0.25) is 0 Å². The average Bonchev–Trinajstić information content (AvgIpc) is 3.34. The molecule has 3 aromatic carbocycles. The van der Waals surface area contributed by atoms with Crippen LogP contribution in [-0.2, 0) is 57.5 Å². The Hall–Kier alpha value is -3.31. The zero-order valence-electron chi connectivity index (χ0n) is 43.8. The summed E-state index contributed by atoms with van der Waals surface area (Å²) in [5.74, 6) is 0.586. The molecule has 0 bridgehead atoms. The minimum atomic E-state index is -2.35. The zero-order valence-corrected chi connectivity index (χ0v) is 46.3. The van der Waals surface area contributed by atoms with Gasteiger partial charge in [0.05, 0.1) is 77.8 Å². The number of halogens is 2. The summed E-state index contributed by atoms with van der Waals surface area (Å²) >= 11 is 12.2. The molecule has 0 amide bonds. The first kappa shape index (κ1) is 58.6. The van der Waals surface area contributed by atoms with Gasteiger partial charge in [-0.2, -0.15) is 0 Å². The van der Waals surface area contributed by atoms with Crippen molar-refractivity contribution in [2.45, 2.75) is 166 Å². The van der Waals surface area contributed by atoms with Crippen LogP contribution in [0.15, 0.2) is 96.6 Å². The lowest BCUT2D eigenvalue weighted by molar-refractivity contribution is -0.367. The highest BCUT2D eigenvalue weighted by molar-refractivity contribution is 6.74. The maximum atomic E-state index is 14.2. The maximum Gasteiger partial charge on any atom is 0.199 e. The Bertz CT molecular complexity index is 2110. The summed E-state index contributed by atoms with van der Waals surface area (Å²) in [5.41, 5.74) is 2.69. The van der Waals surface area contributed by atoms with Gasteiger partial charge in [-0.3, -0.25) is 4.79 Å². The van der Waals surface area contributed by atoms with Crippen molar-refractivity contribution >= 4 is 37.3 Å². The number of hydrogen-bond acceptors (Lipinski definition) is 12. The minimum absolute atomic E-state index is 0.00722. The Morgan fingerprint density at radius 2 is 1.34 bits per heavy atom. The molecule has 0 radical (unpaired) electrons.